The molecule has 0 atom stereocenters. The van der Waals surface area contributed by atoms with Crippen molar-refractivity contribution in [2.75, 3.05) is 12.1 Å². The van der Waals surface area contributed by atoms with Gasteiger partial charge in [-0.15, -0.1) is 0 Å². The molecule has 0 aromatic heterocycles. The van der Waals surface area contributed by atoms with Crippen LogP contribution >= 0.6 is 34.8 Å². The third kappa shape index (κ3) is 2.88. The van der Waals surface area contributed by atoms with Crippen molar-refractivity contribution in [2.24, 2.45) is 0 Å². The third-order valence-corrected chi connectivity index (χ3v) is 3.71. The number of anilines is 1. The molecule has 0 radical (unpaired) electrons. The molecule has 1 aliphatic heterocycles. The first-order valence-electron chi connectivity index (χ1n) is 5.90. The van der Waals surface area contributed by atoms with Crippen molar-refractivity contribution in [3.05, 3.63) is 51.0 Å². The standard InChI is InChI=1S/C14H8Cl3NO3/c15-8-1-2-9(16)11(5-8)18-14(19)7-3-10(17)13-12(4-7)20-6-21-13/h1-5H,6H2,(H,18,19). The molecule has 0 saturated carbocycles. The monoisotopic (exact) mass is 343 g/mol. The summed E-state index contributed by atoms with van der Waals surface area (Å²) in [6.07, 6.45) is 0. The van der Waals surface area contributed by atoms with Crippen LogP contribution in [0.3, 0.4) is 0 Å². The lowest BCUT2D eigenvalue weighted by Crippen LogP contribution is -2.12. The van der Waals surface area contributed by atoms with Gasteiger partial charge < -0.3 is 14.8 Å². The summed E-state index contributed by atoms with van der Waals surface area (Å²) in [6.45, 7) is 0.0836. The number of ether oxygens (including phenoxy) is 2. The quantitative estimate of drug-likeness (QED) is 0.864. The molecule has 0 fully saturated rings. The highest BCUT2D eigenvalue weighted by Gasteiger charge is 2.21. The molecule has 1 heterocycles. The van der Waals surface area contributed by atoms with Gasteiger partial charge >= 0.3 is 0 Å². The van der Waals surface area contributed by atoms with E-state index >= 15 is 0 Å². The zero-order chi connectivity index (χ0) is 15.0. The zero-order valence-corrected chi connectivity index (χ0v) is 12.7. The molecule has 1 N–H and O–H groups in total. The van der Waals surface area contributed by atoms with E-state index in [1.807, 2.05) is 0 Å². The van der Waals surface area contributed by atoms with Gasteiger partial charge in [0, 0.05) is 10.6 Å². The smallest absolute Gasteiger partial charge is 0.255 e. The molecule has 4 nitrogen and oxygen atoms in total. The van der Waals surface area contributed by atoms with Gasteiger partial charge in [0.1, 0.15) is 0 Å². The first-order valence-corrected chi connectivity index (χ1v) is 7.03. The zero-order valence-electron chi connectivity index (χ0n) is 10.5. The van der Waals surface area contributed by atoms with Crippen LogP contribution in [-0.2, 0) is 0 Å². The number of carbonyl (C=O) groups is 1. The number of amides is 1. The Morgan fingerprint density at radius 2 is 1.86 bits per heavy atom. The molecule has 3 rings (SSSR count). The Bertz CT molecular complexity index is 734. The summed E-state index contributed by atoms with van der Waals surface area (Å²) < 4.78 is 10.4. The van der Waals surface area contributed by atoms with Crippen molar-refractivity contribution in [1.82, 2.24) is 0 Å². The molecule has 2 aromatic rings. The number of hydrogen-bond acceptors (Lipinski definition) is 3. The second-order valence-corrected chi connectivity index (χ2v) is 5.52. The van der Waals surface area contributed by atoms with Crippen LogP contribution in [-0.4, -0.2) is 12.7 Å². The van der Waals surface area contributed by atoms with Gasteiger partial charge in [-0.3, -0.25) is 4.79 Å². The summed E-state index contributed by atoms with van der Waals surface area (Å²) in [6, 6.07) is 7.87. The maximum atomic E-state index is 12.3. The minimum absolute atomic E-state index is 0.0836. The van der Waals surface area contributed by atoms with Gasteiger partial charge in [0.25, 0.3) is 5.91 Å². The van der Waals surface area contributed by atoms with Gasteiger partial charge in [-0.2, -0.15) is 0 Å². The van der Waals surface area contributed by atoms with Crippen LogP contribution in [0.15, 0.2) is 30.3 Å². The Kier molecular flexibility index (Phi) is 3.85. The first-order chi connectivity index (χ1) is 10.0. The van der Waals surface area contributed by atoms with Crippen LogP contribution < -0.4 is 14.8 Å². The normalized spacial score (nSPS) is 12.3. The van der Waals surface area contributed by atoms with Crippen molar-refractivity contribution in [2.45, 2.75) is 0 Å². The first kappa shape index (κ1) is 14.3. The molecule has 0 aliphatic carbocycles. The predicted molar refractivity (Wildman–Crippen MR) is 82.0 cm³/mol. The second-order valence-electron chi connectivity index (χ2n) is 4.27. The molecule has 7 heteroatoms. The molecule has 1 aliphatic rings. The van der Waals surface area contributed by atoms with Gasteiger partial charge in [0.15, 0.2) is 11.5 Å². The van der Waals surface area contributed by atoms with E-state index in [1.54, 1.807) is 24.3 Å². The van der Waals surface area contributed by atoms with E-state index in [-0.39, 0.29) is 12.7 Å². The average Bonchev–Trinajstić information content (AvgIpc) is 2.91. The van der Waals surface area contributed by atoms with E-state index in [2.05, 4.69) is 5.32 Å². The number of fused-ring (bicyclic) bond motifs is 1. The Morgan fingerprint density at radius 1 is 1.05 bits per heavy atom. The second kappa shape index (κ2) is 5.64. The van der Waals surface area contributed by atoms with E-state index in [4.69, 9.17) is 44.3 Å². The van der Waals surface area contributed by atoms with Crippen molar-refractivity contribution >= 4 is 46.4 Å². The minimum Gasteiger partial charge on any atom is -0.454 e. The maximum Gasteiger partial charge on any atom is 0.255 e. The summed E-state index contributed by atoms with van der Waals surface area (Å²) in [5.74, 6) is 0.498. The molecule has 2 aromatic carbocycles. The number of carbonyl (C=O) groups excluding carboxylic acids is 1. The van der Waals surface area contributed by atoms with Gasteiger partial charge in [0.2, 0.25) is 6.79 Å². The average molecular weight is 345 g/mol. The number of halogens is 3. The van der Waals surface area contributed by atoms with E-state index in [0.717, 1.165) is 0 Å². The van der Waals surface area contributed by atoms with Crippen LogP contribution in [0.25, 0.3) is 0 Å². The summed E-state index contributed by atoms with van der Waals surface area (Å²) in [5.41, 5.74) is 0.753. The predicted octanol–water partition coefficient (Wildman–Crippen LogP) is 4.63. The summed E-state index contributed by atoms with van der Waals surface area (Å²) in [5, 5.41) is 3.85. The SMILES string of the molecule is O=C(Nc1cc(Cl)ccc1Cl)c1cc(Cl)c2c(c1)OCO2. The van der Waals surface area contributed by atoms with E-state index < -0.39 is 0 Å². The molecule has 0 saturated heterocycles. The molecule has 21 heavy (non-hydrogen) atoms. The molecule has 0 spiro atoms. The lowest BCUT2D eigenvalue weighted by molar-refractivity contribution is 0.102. The lowest BCUT2D eigenvalue weighted by atomic mass is 10.2. The number of hydrogen-bond donors (Lipinski definition) is 1. The van der Waals surface area contributed by atoms with Gasteiger partial charge in [-0.25, -0.2) is 0 Å². The fraction of sp³-hybridized carbons (Fsp3) is 0.0714. The molecule has 1 amide bonds. The highest BCUT2D eigenvalue weighted by atomic mass is 35.5. The fourth-order valence-corrected chi connectivity index (χ4v) is 2.49. The van der Waals surface area contributed by atoms with Crippen LogP contribution in [0, 0.1) is 0 Å². The van der Waals surface area contributed by atoms with E-state index in [9.17, 15) is 4.79 Å². The Morgan fingerprint density at radius 3 is 2.67 bits per heavy atom. The van der Waals surface area contributed by atoms with Gasteiger partial charge in [-0.05, 0) is 30.3 Å². The highest BCUT2D eigenvalue weighted by Crippen LogP contribution is 2.40. The Balaban J connectivity index is 1.89. The van der Waals surface area contributed by atoms with Crippen molar-refractivity contribution in [3.8, 4) is 11.5 Å². The topological polar surface area (TPSA) is 47.6 Å². The molecule has 0 unspecified atom stereocenters. The Hall–Kier alpha value is -1.62. The number of nitrogens with one attached hydrogen (secondary N) is 1. The van der Waals surface area contributed by atoms with Crippen molar-refractivity contribution in [3.63, 3.8) is 0 Å². The third-order valence-electron chi connectivity index (χ3n) is 2.87. The van der Waals surface area contributed by atoms with E-state index in [0.29, 0.717) is 37.8 Å². The van der Waals surface area contributed by atoms with Crippen LogP contribution in [0.5, 0.6) is 11.5 Å². The van der Waals surface area contributed by atoms with Crippen LogP contribution in [0.1, 0.15) is 10.4 Å². The van der Waals surface area contributed by atoms with Crippen molar-refractivity contribution in [1.29, 1.82) is 0 Å². The van der Waals surface area contributed by atoms with Gasteiger partial charge in [-0.1, -0.05) is 34.8 Å². The number of benzene rings is 2. The largest absolute Gasteiger partial charge is 0.454 e. The van der Waals surface area contributed by atoms with E-state index in [1.165, 1.54) is 6.07 Å². The molecular formula is C14H8Cl3NO3. The molecular weight excluding hydrogens is 337 g/mol. The summed E-state index contributed by atoms with van der Waals surface area (Å²) in [4.78, 5) is 12.3. The highest BCUT2D eigenvalue weighted by molar-refractivity contribution is 6.36. The Labute approximate surface area is 135 Å². The fourth-order valence-electron chi connectivity index (χ4n) is 1.89. The minimum atomic E-state index is -0.376. The van der Waals surface area contributed by atoms with Gasteiger partial charge in [0.05, 0.1) is 15.7 Å². The summed E-state index contributed by atoms with van der Waals surface area (Å²) >= 11 is 17.9. The van der Waals surface area contributed by atoms with Crippen molar-refractivity contribution < 1.29 is 14.3 Å². The van der Waals surface area contributed by atoms with Crippen LogP contribution in [0.2, 0.25) is 15.1 Å². The number of rotatable bonds is 2. The molecule has 0 bridgehead atoms. The summed E-state index contributed by atoms with van der Waals surface area (Å²) in [7, 11) is 0. The maximum absolute atomic E-state index is 12.3. The lowest BCUT2D eigenvalue weighted by Gasteiger charge is -2.09. The molecule has 108 valence electrons. The van der Waals surface area contributed by atoms with Crippen LogP contribution in [0.4, 0.5) is 5.69 Å².